The van der Waals surface area contributed by atoms with Crippen molar-refractivity contribution < 1.29 is 29.3 Å². The molecule has 1 saturated heterocycles. The van der Waals surface area contributed by atoms with Crippen LogP contribution in [0.15, 0.2) is 52.7 Å². The molecule has 2 aromatic rings. The molecule has 46 heavy (non-hydrogen) atoms. The van der Waals surface area contributed by atoms with Crippen LogP contribution in [0, 0.1) is 36.8 Å². The van der Waals surface area contributed by atoms with Crippen molar-refractivity contribution in [1.82, 2.24) is 9.97 Å². The van der Waals surface area contributed by atoms with Crippen LogP contribution in [0.1, 0.15) is 72.0 Å². The van der Waals surface area contributed by atoms with E-state index in [-0.39, 0.29) is 46.9 Å². The smallest absolute Gasteiger partial charge is 0.664 e. The van der Waals surface area contributed by atoms with Crippen LogP contribution in [0.5, 0.6) is 0 Å². The molecule has 0 amide bonds. The van der Waals surface area contributed by atoms with E-state index in [2.05, 4.69) is 6.58 Å². The molecule has 2 N–H and O–H groups in total. The average molecular weight is 632 g/mol. The fraction of sp³-hybridized carbons (Fsp3) is 0.343. The predicted octanol–water partition coefficient (Wildman–Crippen LogP) is 2.22. The number of hydrogen-bond acceptors (Lipinski definition) is 5. The summed E-state index contributed by atoms with van der Waals surface area (Å²) < 4.78 is 5.10. The molecular formula is C35H35MgN4O6-. The maximum atomic E-state index is 14.0. The molecule has 0 aromatic carbocycles. The summed E-state index contributed by atoms with van der Waals surface area (Å²) in [5.74, 6) is -4.17. The second-order valence-electron chi connectivity index (χ2n) is 12.0. The summed E-state index contributed by atoms with van der Waals surface area (Å²) in [7, 11) is 1.23. The van der Waals surface area contributed by atoms with E-state index in [1.54, 1.807) is 19.1 Å². The van der Waals surface area contributed by atoms with Gasteiger partial charge in [0.15, 0.2) is 5.78 Å². The summed E-state index contributed by atoms with van der Waals surface area (Å²) in [6.45, 7) is 13.6. The number of carboxylic acids is 1. The van der Waals surface area contributed by atoms with Crippen molar-refractivity contribution in [1.29, 1.82) is 0 Å². The molecule has 11 heteroatoms. The van der Waals surface area contributed by atoms with Gasteiger partial charge in [-0.05, 0) is 57.6 Å². The van der Waals surface area contributed by atoms with Crippen molar-refractivity contribution in [3.8, 4) is 0 Å². The van der Waals surface area contributed by atoms with E-state index in [0.29, 0.717) is 73.6 Å². The maximum Gasteiger partial charge on any atom is 2.00 e. The molecule has 0 saturated carbocycles. The topological polar surface area (TPSA) is 150 Å². The van der Waals surface area contributed by atoms with Gasteiger partial charge >= 0.3 is 35.0 Å². The normalized spacial score (nSPS) is 27.3. The minimum absolute atomic E-state index is 0. The Balaban J connectivity index is 0.00000417. The standard InChI is InChI=1S/C35H37N4O6.Mg/c1-8-19-15(3)23-14-27-20(9-2)17(5)26(39(27)44)13-24-16(4)21(10-11-28(40)41)32(37-24)30-31(35(43)45-7)34(42)29-18(6)22(38-33(29)30)12-25(19)36-23;/h9,12-14,16,21,31,39H,2,8,10-11H2,1,3-7H3,(H3,37,38,40,41,42);/q-1;+2/p-2/b23-14-,24-13-,25-12-;/t16-,21-,31+;/m0./s1. The minimum atomic E-state index is -1.28. The van der Waals surface area contributed by atoms with Gasteiger partial charge in [-0.2, -0.15) is 11.4 Å². The molecule has 5 heterocycles. The van der Waals surface area contributed by atoms with Crippen LogP contribution in [-0.4, -0.2) is 53.0 Å². The number of ketones is 1. The number of fused-ring (bicyclic) bond motifs is 7. The molecule has 4 aliphatic rings. The number of rotatable bonds is 6. The van der Waals surface area contributed by atoms with Crippen LogP contribution in [0.2, 0.25) is 0 Å². The van der Waals surface area contributed by atoms with Gasteiger partial charge in [-0.25, -0.2) is 0 Å². The van der Waals surface area contributed by atoms with Crippen LogP contribution in [0.25, 0.3) is 23.0 Å². The quantitative estimate of drug-likeness (QED) is 0.213. The number of esters is 1. The molecule has 0 radical (unpaired) electrons. The first-order valence-corrected chi connectivity index (χ1v) is 15.1. The largest absolute Gasteiger partial charge is 2.00 e. The van der Waals surface area contributed by atoms with E-state index in [4.69, 9.17) is 20.0 Å². The molecule has 234 valence electrons. The molecular weight excluding hydrogens is 597 g/mol. The number of carbonyl (C=O) groups is 3. The van der Waals surface area contributed by atoms with Crippen molar-refractivity contribution in [2.45, 2.75) is 53.9 Å². The van der Waals surface area contributed by atoms with Crippen molar-refractivity contribution >= 4 is 58.5 Å². The molecule has 2 aromatic heterocycles. The number of hydrogen-bond donors (Lipinski definition) is 2. The number of allylic oxidation sites excluding steroid dienone is 7. The second-order valence-corrected chi connectivity index (χ2v) is 12.0. The molecule has 4 atom stereocenters. The van der Waals surface area contributed by atoms with Gasteiger partial charge in [-0.3, -0.25) is 14.4 Å². The number of methoxy groups -OCH3 is 1. The Morgan fingerprint density at radius 1 is 1.11 bits per heavy atom. The Bertz CT molecular complexity index is 1970. The summed E-state index contributed by atoms with van der Waals surface area (Å²) in [6, 6.07) is 0. The summed E-state index contributed by atoms with van der Waals surface area (Å²) >= 11 is 0. The molecule has 0 spiro atoms. The fourth-order valence-corrected chi connectivity index (χ4v) is 7.20. The molecule has 10 nitrogen and oxygen atoms in total. The Morgan fingerprint density at radius 2 is 1.83 bits per heavy atom. The van der Waals surface area contributed by atoms with E-state index in [9.17, 15) is 24.7 Å². The van der Waals surface area contributed by atoms with E-state index in [1.165, 1.54) is 7.11 Å². The van der Waals surface area contributed by atoms with E-state index in [1.807, 2.05) is 39.8 Å². The van der Waals surface area contributed by atoms with Gasteiger partial charge in [0, 0.05) is 23.1 Å². The fourth-order valence-electron chi connectivity index (χ4n) is 7.20. The van der Waals surface area contributed by atoms with Gasteiger partial charge in [0.2, 0.25) is 0 Å². The van der Waals surface area contributed by atoms with Gasteiger partial charge in [-0.1, -0.05) is 54.8 Å². The maximum absolute atomic E-state index is 14.0. The zero-order valence-electron chi connectivity index (χ0n) is 26.9. The van der Waals surface area contributed by atoms with Crippen LogP contribution in [0.3, 0.4) is 0 Å². The zero-order chi connectivity index (χ0) is 32.5. The Kier molecular flexibility index (Phi) is 8.99. The first-order valence-electron chi connectivity index (χ1n) is 15.1. The third kappa shape index (κ3) is 4.97. The molecule has 1 aliphatic carbocycles. The van der Waals surface area contributed by atoms with Crippen molar-refractivity contribution in [3.63, 3.8) is 0 Å². The summed E-state index contributed by atoms with van der Waals surface area (Å²) in [5.41, 5.74) is 7.55. The SMILES string of the molecule is C=CC1=C2/C=c3\[n-]/c(c(CC)c3C)=C\c3[n-]c4c(c3C)C(=O)[C@H](C(=O)OC)/C4=C3/[N-]/C(=C\C(=C1C)[NH+]2[O-])[C@@H](C)[C@@H]3CCC(=O)O.[Mg+2]. The molecule has 1 unspecified atom stereocenters. The number of nitrogens with one attached hydrogen (secondary N) is 1. The predicted molar refractivity (Wildman–Crippen MR) is 173 cm³/mol. The van der Waals surface area contributed by atoms with E-state index >= 15 is 0 Å². The van der Waals surface area contributed by atoms with Gasteiger partial charge in [-0.15, -0.1) is 22.1 Å². The number of nitrogens with zero attached hydrogens (tertiary/aromatic N) is 3. The molecule has 8 bridgehead atoms. The number of carboxylic acid groups (broad SMARTS) is 1. The third-order valence-electron chi connectivity index (χ3n) is 9.71. The van der Waals surface area contributed by atoms with Crippen LogP contribution < -0.4 is 25.7 Å². The Labute approximate surface area is 283 Å². The second kappa shape index (κ2) is 12.4. The number of ether oxygens (including phenoxy) is 1. The van der Waals surface area contributed by atoms with Crippen LogP contribution >= 0.6 is 0 Å². The monoisotopic (exact) mass is 631 g/mol. The number of quaternary nitrogens is 1. The van der Waals surface area contributed by atoms with Gasteiger partial charge in [0.25, 0.3) is 0 Å². The number of Topliss-reactive ketones (excluding diaryl/α,β-unsaturated/α-hetero) is 1. The van der Waals surface area contributed by atoms with Gasteiger partial charge in [0.1, 0.15) is 17.3 Å². The van der Waals surface area contributed by atoms with Crippen molar-refractivity contribution in [2.24, 2.45) is 17.8 Å². The average Bonchev–Trinajstić information content (AvgIpc) is 3.72. The molecule has 1 fully saturated rings. The third-order valence-corrected chi connectivity index (χ3v) is 9.71. The Morgan fingerprint density at radius 3 is 2.46 bits per heavy atom. The van der Waals surface area contributed by atoms with Crippen molar-refractivity contribution in [3.05, 3.63) is 108 Å². The number of aromatic nitrogens is 2. The van der Waals surface area contributed by atoms with Gasteiger partial charge in [0.05, 0.1) is 7.11 Å². The number of carbonyl (C=O) groups excluding carboxylic acids is 2. The first-order chi connectivity index (χ1) is 21.4. The summed E-state index contributed by atoms with van der Waals surface area (Å²) in [4.78, 5) is 48.7. The number of aliphatic carboxylic acids is 1. The molecule has 6 rings (SSSR count). The summed E-state index contributed by atoms with van der Waals surface area (Å²) in [6.07, 6.45) is 7.85. The Hall–Kier alpha value is -3.90. The molecule has 3 aliphatic heterocycles. The van der Waals surface area contributed by atoms with Crippen LogP contribution in [-0.2, 0) is 20.7 Å². The zero-order valence-corrected chi connectivity index (χ0v) is 28.3. The van der Waals surface area contributed by atoms with Gasteiger partial charge < -0.3 is 35.4 Å². The van der Waals surface area contributed by atoms with Crippen molar-refractivity contribution in [2.75, 3.05) is 7.11 Å². The van der Waals surface area contributed by atoms with Crippen LogP contribution in [0.4, 0.5) is 0 Å². The minimum Gasteiger partial charge on any atom is -0.664 e. The van der Waals surface area contributed by atoms with E-state index in [0.717, 1.165) is 16.7 Å². The van der Waals surface area contributed by atoms with E-state index < -0.39 is 29.6 Å². The number of hydroxylamine groups is 2. The first kappa shape index (κ1) is 33.5. The summed E-state index contributed by atoms with van der Waals surface area (Å²) in [5, 5.41) is 29.8.